The van der Waals surface area contributed by atoms with E-state index >= 15 is 0 Å². The van der Waals surface area contributed by atoms with Crippen molar-refractivity contribution >= 4 is 17.6 Å². The van der Waals surface area contributed by atoms with Crippen LogP contribution in [0.1, 0.15) is 26.3 Å². The Morgan fingerprint density at radius 3 is 2.48 bits per heavy atom. The minimum absolute atomic E-state index is 0.00581. The average Bonchev–Trinajstić information content (AvgIpc) is 3.07. The highest BCUT2D eigenvalue weighted by molar-refractivity contribution is 6.03. The van der Waals surface area contributed by atoms with E-state index in [1.165, 1.54) is 19.2 Å². The van der Waals surface area contributed by atoms with Crippen molar-refractivity contribution in [2.45, 2.75) is 19.3 Å². The van der Waals surface area contributed by atoms with Crippen LogP contribution in [0, 0.1) is 5.82 Å². The van der Waals surface area contributed by atoms with Gasteiger partial charge in [0.15, 0.2) is 0 Å². The quantitative estimate of drug-likeness (QED) is 0.463. The van der Waals surface area contributed by atoms with E-state index in [1.807, 2.05) is 0 Å². The van der Waals surface area contributed by atoms with Gasteiger partial charge in [-0.2, -0.15) is 18.3 Å². The Balaban J connectivity index is 1.86. The largest absolute Gasteiger partial charge is 0.496 e. The smallest absolute Gasteiger partial charge is 0.408 e. The first-order valence-corrected chi connectivity index (χ1v) is 9.44. The van der Waals surface area contributed by atoms with Gasteiger partial charge in [0.05, 0.1) is 12.7 Å². The number of benzene rings is 2. The topological polar surface area (TPSA) is 125 Å². The van der Waals surface area contributed by atoms with Crippen molar-refractivity contribution in [2.75, 3.05) is 12.8 Å². The predicted molar refractivity (Wildman–Crippen MR) is 111 cm³/mol. The number of halogens is 4. The van der Waals surface area contributed by atoms with E-state index in [0.717, 1.165) is 6.07 Å². The second kappa shape index (κ2) is 9.18. The fraction of sp³-hybridized carbons (Fsp3) is 0.190. The molecule has 0 unspecified atom stereocenters. The van der Waals surface area contributed by atoms with Crippen LogP contribution in [-0.2, 0) is 13.1 Å². The van der Waals surface area contributed by atoms with Crippen LogP contribution in [0.25, 0.3) is 11.3 Å². The first kappa shape index (κ1) is 23.6. The molecule has 1 heterocycles. The molecular formula is C21H19F4N5O3. The normalized spacial score (nSPS) is 11.3. The molecule has 8 nitrogen and oxygen atoms in total. The summed E-state index contributed by atoms with van der Waals surface area (Å²) in [6, 6.07) is 10.1. The average molecular weight is 465 g/mol. The number of nitrogens with zero attached hydrogens (tertiary/aromatic N) is 2. The summed E-state index contributed by atoms with van der Waals surface area (Å²) in [5.41, 5.74) is 10.5. The van der Waals surface area contributed by atoms with E-state index in [-0.39, 0.29) is 28.9 Å². The number of primary amides is 1. The summed E-state index contributed by atoms with van der Waals surface area (Å²) in [5, 5.41) is 6.27. The second-order valence-corrected chi connectivity index (χ2v) is 6.94. The SMILES string of the molecule is COc1ccccc1C(=O)NCc1ccc(-c2nn(CC(F)(F)F)c(N)c2C(N)=O)cc1F. The Hall–Kier alpha value is -4.09. The molecule has 0 radical (unpaired) electrons. The van der Waals surface area contributed by atoms with Gasteiger partial charge in [0.25, 0.3) is 11.8 Å². The minimum atomic E-state index is -4.65. The van der Waals surface area contributed by atoms with Gasteiger partial charge in [-0.15, -0.1) is 0 Å². The Kier molecular flexibility index (Phi) is 6.56. The van der Waals surface area contributed by atoms with Crippen LogP contribution in [0.4, 0.5) is 23.4 Å². The van der Waals surface area contributed by atoms with Crippen molar-refractivity contribution < 1.29 is 31.9 Å². The second-order valence-electron chi connectivity index (χ2n) is 6.94. The molecule has 2 amide bonds. The maximum atomic E-state index is 14.7. The molecule has 0 aliphatic rings. The van der Waals surface area contributed by atoms with Gasteiger partial charge in [-0.05, 0) is 18.2 Å². The summed E-state index contributed by atoms with van der Waals surface area (Å²) in [6.07, 6.45) is -4.65. The fourth-order valence-corrected chi connectivity index (χ4v) is 3.15. The molecule has 0 saturated carbocycles. The van der Waals surface area contributed by atoms with Gasteiger partial charge in [0, 0.05) is 17.7 Å². The van der Waals surface area contributed by atoms with Crippen molar-refractivity contribution in [3.63, 3.8) is 0 Å². The number of carbonyl (C=O) groups excluding carboxylic acids is 2. The number of alkyl halides is 3. The zero-order valence-corrected chi connectivity index (χ0v) is 17.2. The fourth-order valence-electron chi connectivity index (χ4n) is 3.15. The molecule has 3 aromatic rings. The number of nitrogen functional groups attached to an aromatic ring is 1. The van der Waals surface area contributed by atoms with Gasteiger partial charge in [0.1, 0.15) is 35.2 Å². The van der Waals surface area contributed by atoms with Crippen LogP contribution in [-0.4, -0.2) is 34.9 Å². The van der Waals surface area contributed by atoms with Crippen molar-refractivity contribution in [3.8, 4) is 17.0 Å². The standard InChI is InChI=1S/C21H19F4N5O3/c1-33-15-5-3-2-4-13(15)20(32)28-9-12-7-6-11(8-14(12)22)17-16(19(27)31)18(26)30(29-17)10-21(23,24)25/h2-8H,9-10,26H2,1H3,(H2,27,31)(H,28,32). The van der Waals surface area contributed by atoms with Gasteiger partial charge in [-0.3, -0.25) is 9.59 Å². The van der Waals surface area contributed by atoms with Crippen molar-refractivity contribution in [1.82, 2.24) is 15.1 Å². The highest BCUT2D eigenvalue weighted by Gasteiger charge is 2.32. The molecule has 0 spiro atoms. The Bertz CT molecular complexity index is 1210. The zero-order chi connectivity index (χ0) is 24.3. The Morgan fingerprint density at radius 2 is 1.88 bits per heavy atom. The number of nitrogens with one attached hydrogen (secondary N) is 1. The predicted octanol–water partition coefficient (Wildman–Crippen LogP) is 2.87. The number of aromatic nitrogens is 2. The molecule has 0 aliphatic heterocycles. The molecule has 5 N–H and O–H groups in total. The molecule has 0 saturated heterocycles. The monoisotopic (exact) mass is 465 g/mol. The molecule has 12 heteroatoms. The van der Waals surface area contributed by atoms with E-state index in [9.17, 15) is 27.2 Å². The summed E-state index contributed by atoms with van der Waals surface area (Å²) < 4.78 is 58.5. The summed E-state index contributed by atoms with van der Waals surface area (Å²) >= 11 is 0. The summed E-state index contributed by atoms with van der Waals surface area (Å²) in [4.78, 5) is 24.2. The number of hydrogen-bond donors (Lipinski definition) is 3. The zero-order valence-electron chi connectivity index (χ0n) is 17.2. The van der Waals surface area contributed by atoms with Crippen molar-refractivity contribution in [2.24, 2.45) is 5.73 Å². The first-order chi connectivity index (χ1) is 15.5. The molecular weight excluding hydrogens is 446 g/mol. The van der Waals surface area contributed by atoms with Crippen LogP contribution in [0.3, 0.4) is 0 Å². The molecule has 3 rings (SSSR count). The number of nitrogens with two attached hydrogens (primary N) is 2. The summed E-state index contributed by atoms with van der Waals surface area (Å²) in [5.74, 6) is -2.62. The van der Waals surface area contributed by atoms with E-state index in [2.05, 4.69) is 10.4 Å². The van der Waals surface area contributed by atoms with Gasteiger partial charge < -0.3 is 21.5 Å². The van der Waals surface area contributed by atoms with Crippen LogP contribution in [0.15, 0.2) is 42.5 Å². The number of para-hydroxylation sites is 1. The third kappa shape index (κ3) is 5.22. The van der Waals surface area contributed by atoms with Gasteiger partial charge in [0.2, 0.25) is 0 Å². The van der Waals surface area contributed by atoms with Crippen LogP contribution < -0.4 is 21.5 Å². The lowest BCUT2D eigenvalue weighted by molar-refractivity contribution is -0.142. The minimum Gasteiger partial charge on any atom is -0.496 e. The maximum Gasteiger partial charge on any atom is 0.408 e. The third-order valence-electron chi connectivity index (χ3n) is 4.68. The lowest BCUT2D eigenvalue weighted by Gasteiger charge is -2.10. The highest BCUT2D eigenvalue weighted by Crippen LogP contribution is 2.30. The lowest BCUT2D eigenvalue weighted by atomic mass is 10.0. The molecule has 1 aromatic heterocycles. The van der Waals surface area contributed by atoms with Crippen LogP contribution in [0.5, 0.6) is 5.75 Å². The van der Waals surface area contributed by atoms with Crippen molar-refractivity contribution in [3.05, 3.63) is 65.0 Å². The number of carbonyl (C=O) groups is 2. The number of hydrogen-bond acceptors (Lipinski definition) is 5. The van der Waals surface area contributed by atoms with E-state index in [0.29, 0.717) is 10.4 Å². The van der Waals surface area contributed by atoms with Crippen LogP contribution in [0.2, 0.25) is 0 Å². The number of anilines is 1. The van der Waals surface area contributed by atoms with Gasteiger partial charge in [-0.25, -0.2) is 9.07 Å². The lowest BCUT2D eigenvalue weighted by Crippen LogP contribution is -2.23. The van der Waals surface area contributed by atoms with E-state index in [1.54, 1.807) is 24.3 Å². The molecule has 0 fully saturated rings. The molecule has 174 valence electrons. The third-order valence-corrected chi connectivity index (χ3v) is 4.68. The number of ether oxygens (including phenoxy) is 1. The molecule has 0 aliphatic carbocycles. The highest BCUT2D eigenvalue weighted by atomic mass is 19.4. The summed E-state index contributed by atoms with van der Waals surface area (Å²) in [7, 11) is 1.41. The molecule has 33 heavy (non-hydrogen) atoms. The molecule has 2 aromatic carbocycles. The Morgan fingerprint density at radius 1 is 1.18 bits per heavy atom. The first-order valence-electron chi connectivity index (χ1n) is 9.44. The molecule has 0 atom stereocenters. The summed E-state index contributed by atoms with van der Waals surface area (Å²) in [6.45, 7) is -1.73. The number of amides is 2. The number of rotatable bonds is 7. The number of methoxy groups -OCH3 is 1. The van der Waals surface area contributed by atoms with Crippen LogP contribution >= 0.6 is 0 Å². The Labute approximate surface area is 185 Å². The van der Waals surface area contributed by atoms with Crippen molar-refractivity contribution in [1.29, 1.82) is 0 Å². The maximum absolute atomic E-state index is 14.7. The van der Waals surface area contributed by atoms with E-state index < -0.39 is 41.7 Å². The molecule has 0 bridgehead atoms. The van der Waals surface area contributed by atoms with Gasteiger partial charge >= 0.3 is 6.18 Å². The van der Waals surface area contributed by atoms with Gasteiger partial charge in [-0.1, -0.05) is 24.3 Å². The van der Waals surface area contributed by atoms with E-state index in [4.69, 9.17) is 16.2 Å².